The van der Waals surface area contributed by atoms with Gasteiger partial charge in [0, 0.05) is 38.1 Å². The third-order valence-corrected chi connectivity index (χ3v) is 6.29. The van der Waals surface area contributed by atoms with Crippen molar-refractivity contribution in [1.82, 2.24) is 14.7 Å². The molecule has 2 aliphatic heterocycles. The van der Waals surface area contributed by atoms with Crippen LogP contribution >= 0.6 is 0 Å². The Morgan fingerprint density at radius 3 is 2.54 bits per heavy atom. The second kappa shape index (κ2) is 8.37. The first-order valence-electron chi connectivity index (χ1n) is 9.96. The number of carbonyl (C=O) groups is 3. The molecule has 2 amide bonds. The van der Waals surface area contributed by atoms with Crippen molar-refractivity contribution >= 4 is 17.8 Å². The van der Waals surface area contributed by atoms with Crippen molar-refractivity contribution < 1.29 is 19.5 Å². The van der Waals surface area contributed by atoms with Gasteiger partial charge in [0.05, 0.1) is 12.5 Å². The van der Waals surface area contributed by atoms with E-state index in [1.54, 1.807) is 0 Å². The second-order valence-corrected chi connectivity index (χ2v) is 8.10. The third-order valence-electron chi connectivity index (χ3n) is 6.29. The average Bonchev–Trinajstić information content (AvgIpc) is 3.17. The van der Waals surface area contributed by atoms with E-state index >= 15 is 0 Å². The van der Waals surface area contributed by atoms with Crippen LogP contribution in [0.3, 0.4) is 0 Å². The Morgan fingerprint density at radius 2 is 1.85 bits per heavy atom. The van der Waals surface area contributed by atoms with Gasteiger partial charge in [-0.05, 0) is 39.2 Å². The lowest BCUT2D eigenvalue weighted by molar-refractivity contribution is -0.139. The number of rotatable bonds is 5. The van der Waals surface area contributed by atoms with Crippen molar-refractivity contribution in [3.63, 3.8) is 0 Å². The predicted octanol–water partition coefficient (Wildman–Crippen LogP) is 1.18. The van der Waals surface area contributed by atoms with E-state index in [0.717, 1.165) is 32.1 Å². The number of likely N-dealkylation sites (N-methyl/N-ethyl adjacent to an activating group) is 1. The van der Waals surface area contributed by atoms with Crippen LogP contribution in [0.5, 0.6) is 0 Å². The molecule has 2 heterocycles. The number of hydrogen-bond donors (Lipinski definition) is 1. The molecule has 3 aliphatic rings. The van der Waals surface area contributed by atoms with Crippen LogP contribution in [0, 0.1) is 5.92 Å². The van der Waals surface area contributed by atoms with Gasteiger partial charge in [-0.3, -0.25) is 19.3 Å². The van der Waals surface area contributed by atoms with Gasteiger partial charge in [-0.2, -0.15) is 0 Å². The van der Waals surface area contributed by atoms with Crippen LogP contribution in [0.25, 0.3) is 0 Å². The highest BCUT2D eigenvalue weighted by Crippen LogP contribution is 2.30. The lowest BCUT2D eigenvalue weighted by atomic mass is 10.1. The van der Waals surface area contributed by atoms with Gasteiger partial charge in [0.1, 0.15) is 0 Å². The van der Waals surface area contributed by atoms with Crippen LogP contribution in [0.4, 0.5) is 0 Å². The highest BCUT2D eigenvalue weighted by molar-refractivity contribution is 5.89. The smallest absolute Gasteiger partial charge is 0.317 e. The quantitative estimate of drug-likeness (QED) is 0.791. The van der Waals surface area contributed by atoms with Gasteiger partial charge in [-0.25, -0.2) is 0 Å². The highest BCUT2D eigenvalue weighted by atomic mass is 16.4. The minimum absolute atomic E-state index is 0.0338. The van der Waals surface area contributed by atoms with Crippen LogP contribution in [0.1, 0.15) is 51.4 Å². The fourth-order valence-corrected chi connectivity index (χ4v) is 4.81. The molecule has 0 bridgehead atoms. The Labute approximate surface area is 155 Å². The van der Waals surface area contributed by atoms with Crippen LogP contribution in [0.15, 0.2) is 0 Å². The number of carboxylic acids is 1. The third kappa shape index (κ3) is 4.37. The van der Waals surface area contributed by atoms with Gasteiger partial charge >= 0.3 is 5.97 Å². The summed E-state index contributed by atoms with van der Waals surface area (Å²) in [4.78, 5) is 42.0. The maximum Gasteiger partial charge on any atom is 0.317 e. The molecule has 0 aromatic heterocycles. The van der Waals surface area contributed by atoms with Crippen molar-refractivity contribution in [2.24, 2.45) is 5.92 Å². The Kier molecular flexibility index (Phi) is 6.16. The molecule has 26 heavy (non-hydrogen) atoms. The van der Waals surface area contributed by atoms with E-state index < -0.39 is 5.97 Å². The minimum atomic E-state index is -0.818. The monoisotopic (exact) mass is 365 g/mol. The Bertz CT molecular complexity index is 547. The molecule has 2 saturated heterocycles. The maximum absolute atomic E-state index is 13.0. The number of amides is 2. The minimum Gasteiger partial charge on any atom is -0.480 e. The summed E-state index contributed by atoms with van der Waals surface area (Å²) in [5.74, 6) is -0.762. The molecule has 1 saturated carbocycles. The molecule has 0 aromatic carbocycles. The van der Waals surface area contributed by atoms with E-state index in [-0.39, 0.29) is 30.3 Å². The fourth-order valence-electron chi connectivity index (χ4n) is 4.81. The molecule has 3 fully saturated rings. The first kappa shape index (κ1) is 19.1. The molecular weight excluding hydrogens is 334 g/mol. The largest absolute Gasteiger partial charge is 0.480 e. The SMILES string of the molecule is CN(CC(=O)O)C1CCCN(C(=O)C2CC(=O)N(C3CCCC3)C2)CC1. The van der Waals surface area contributed by atoms with E-state index in [1.165, 1.54) is 12.8 Å². The van der Waals surface area contributed by atoms with Gasteiger partial charge in [0.15, 0.2) is 0 Å². The van der Waals surface area contributed by atoms with Crippen molar-refractivity contribution in [2.45, 2.75) is 63.5 Å². The van der Waals surface area contributed by atoms with Crippen LogP contribution in [-0.4, -0.2) is 82.9 Å². The van der Waals surface area contributed by atoms with E-state index in [9.17, 15) is 14.4 Å². The second-order valence-electron chi connectivity index (χ2n) is 8.10. The maximum atomic E-state index is 13.0. The number of hydrogen-bond acceptors (Lipinski definition) is 4. The van der Waals surface area contributed by atoms with Gasteiger partial charge in [0.25, 0.3) is 0 Å². The van der Waals surface area contributed by atoms with Crippen molar-refractivity contribution in [3.8, 4) is 0 Å². The summed E-state index contributed by atoms with van der Waals surface area (Å²) in [6.07, 6.45) is 7.46. The molecule has 7 heteroatoms. The zero-order valence-electron chi connectivity index (χ0n) is 15.7. The number of carboxylic acid groups (broad SMARTS) is 1. The normalized spacial score (nSPS) is 28.0. The fraction of sp³-hybridized carbons (Fsp3) is 0.842. The zero-order valence-corrected chi connectivity index (χ0v) is 15.7. The standard InChI is InChI=1S/C19H31N3O4/c1-20(13-18(24)25)15-7-4-9-21(10-8-15)19(26)14-11-17(23)22(12-14)16-5-2-3-6-16/h14-16H,2-13H2,1H3,(H,24,25). The average molecular weight is 365 g/mol. The molecule has 3 rings (SSSR count). The number of nitrogens with zero attached hydrogens (tertiary/aromatic N) is 3. The van der Waals surface area contributed by atoms with Gasteiger partial charge in [0.2, 0.25) is 11.8 Å². The Hall–Kier alpha value is -1.63. The van der Waals surface area contributed by atoms with Gasteiger partial charge < -0.3 is 14.9 Å². The summed E-state index contributed by atoms with van der Waals surface area (Å²) >= 11 is 0. The molecule has 0 radical (unpaired) electrons. The highest BCUT2D eigenvalue weighted by Gasteiger charge is 2.40. The summed E-state index contributed by atoms with van der Waals surface area (Å²) < 4.78 is 0. The number of likely N-dealkylation sites (tertiary alicyclic amines) is 2. The summed E-state index contributed by atoms with van der Waals surface area (Å²) in [5.41, 5.74) is 0. The van der Waals surface area contributed by atoms with E-state index in [4.69, 9.17) is 5.11 Å². The van der Waals surface area contributed by atoms with E-state index in [2.05, 4.69) is 0 Å². The summed E-state index contributed by atoms with van der Waals surface area (Å²) in [6.45, 7) is 1.99. The van der Waals surface area contributed by atoms with Gasteiger partial charge in [-0.1, -0.05) is 12.8 Å². The molecule has 2 atom stereocenters. The lowest BCUT2D eigenvalue weighted by Crippen LogP contribution is -2.40. The predicted molar refractivity (Wildman–Crippen MR) is 96.6 cm³/mol. The Balaban J connectivity index is 1.53. The molecule has 1 aliphatic carbocycles. The van der Waals surface area contributed by atoms with Crippen molar-refractivity contribution in [3.05, 3.63) is 0 Å². The molecule has 0 aromatic rings. The first-order valence-corrected chi connectivity index (χ1v) is 9.96. The van der Waals surface area contributed by atoms with E-state index in [1.807, 2.05) is 21.7 Å². The molecule has 1 N–H and O–H groups in total. The summed E-state index contributed by atoms with van der Waals surface area (Å²) in [5, 5.41) is 8.97. The number of carbonyl (C=O) groups excluding carboxylic acids is 2. The van der Waals surface area contributed by atoms with Crippen molar-refractivity contribution in [2.75, 3.05) is 33.2 Å². The molecular formula is C19H31N3O4. The van der Waals surface area contributed by atoms with Gasteiger partial charge in [-0.15, -0.1) is 0 Å². The number of aliphatic carboxylic acids is 1. The molecule has 0 spiro atoms. The Morgan fingerprint density at radius 1 is 1.12 bits per heavy atom. The molecule has 7 nitrogen and oxygen atoms in total. The topological polar surface area (TPSA) is 81.2 Å². The van der Waals surface area contributed by atoms with E-state index in [0.29, 0.717) is 32.1 Å². The summed E-state index contributed by atoms with van der Waals surface area (Å²) in [6, 6.07) is 0.544. The first-order chi connectivity index (χ1) is 12.5. The zero-order chi connectivity index (χ0) is 18.7. The molecule has 2 unspecified atom stereocenters. The van der Waals surface area contributed by atoms with Crippen LogP contribution in [-0.2, 0) is 14.4 Å². The van der Waals surface area contributed by atoms with Crippen LogP contribution in [0.2, 0.25) is 0 Å². The van der Waals surface area contributed by atoms with Crippen molar-refractivity contribution in [1.29, 1.82) is 0 Å². The summed E-state index contributed by atoms with van der Waals surface area (Å²) in [7, 11) is 1.84. The lowest BCUT2D eigenvalue weighted by Gasteiger charge is -2.27. The molecule has 146 valence electrons. The van der Waals surface area contributed by atoms with Crippen LogP contribution < -0.4 is 0 Å².